The molecule has 0 aliphatic carbocycles. The minimum absolute atomic E-state index is 0.510. The molecule has 1 aromatic rings. The van der Waals surface area contributed by atoms with Gasteiger partial charge in [0.05, 0.1) is 6.20 Å². The molecule has 1 aliphatic heterocycles. The van der Waals surface area contributed by atoms with Crippen molar-refractivity contribution in [2.45, 2.75) is 19.4 Å². The Morgan fingerprint density at radius 2 is 2.54 bits per heavy atom. The average Bonchev–Trinajstić information content (AvgIpc) is 2.57. The van der Waals surface area contributed by atoms with E-state index < -0.39 is 0 Å². The number of anilines is 1. The number of nitrogens with one attached hydrogen (secondary N) is 2. The highest BCUT2D eigenvalue weighted by atomic mass is 15.2. The average molecular weight is 178 g/mol. The van der Waals surface area contributed by atoms with Gasteiger partial charge in [-0.1, -0.05) is 0 Å². The van der Waals surface area contributed by atoms with Crippen LogP contribution in [0.25, 0.3) is 0 Å². The van der Waals surface area contributed by atoms with E-state index in [0.29, 0.717) is 6.04 Å². The van der Waals surface area contributed by atoms with E-state index in [1.54, 1.807) is 6.20 Å². The van der Waals surface area contributed by atoms with Crippen LogP contribution in [0.3, 0.4) is 0 Å². The standard InChI is InChI=1S/C9H14N4/c1-7-4-9(13-11-5-7)12-8-2-3-10-6-8/h4-5,8,10H,2-3,6H2,1H3,(H,12,13). The molecular weight excluding hydrogens is 164 g/mol. The maximum absolute atomic E-state index is 4.01. The van der Waals surface area contributed by atoms with E-state index >= 15 is 0 Å². The first-order valence-corrected chi connectivity index (χ1v) is 4.61. The quantitative estimate of drug-likeness (QED) is 0.694. The third-order valence-corrected chi connectivity index (χ3v) is 2.20. The first-order chi connectivity index (χ1) is 6.34. The summed E-state index contributed by atoms with van der Waals surface area (Å²) in [5.74, 6) is 0.883. The minimum Gasteiger partial charge on any atom is -0.365 e. The van der Waals surface area contributed by atoms with Crippen molar-refractivity contribution in [3.8, 4) is 0 Å². The van der Waals surface area contributed by atoms with Crippen LogP contribution in [0.1, 0.15) is 12.0 Å². The van der Waals surface area contributed by atoms with Crippen molar-refractivity contribution in [3.63, 3.8) is 0 Å². The lowest BCUT2D eigenvalue weighted by Crippen LogP contribution is -2.22. The van der Waals surface area contributed by atoms with Crippen molar-refractivity contribution in [2.75, 3.05) is 18.4 Å². The molecule has 70 valence electrons. The number of hydrogen-bond acceptors (Lipinski definition) is 4. The highest BCUT2D eigenvalue weighted by molar-refractivity contribution is 5.36. The fourth-order valence-electron chi connectivity index (χ4n) is 1.52. The fourth-order valence-corrected chi connectivity index (χ4v) is 1.52. The van der Waals surface area contributed by atoms with Gasteiger partial charge < -0.3 is 10.6 Å². The summed E-state index contributed by atoms with van der Waals surface area (Å²) in [6, 6.07) is 2.53. The van der Waals surface area contributed by atoms with Crippen LogP contribution >= 0.6 is 0 Å². The molecule has 4 nitrogen and oxygen atoms in total. The Bertz CT molecular complexity index is 281. The van der Waals surface area contributed by atoms with E-state index in [1.165, 1.54) is 0 Å². The molecule has 0 radical (unpaired) electrons. The molecule has 0 spiro atoms. The largest absolute Gasteiger partial charge is 0.365 e. The summed E-state index contributed by atoms with van der Waals surface area (Å²) in [6.45, 7) is 4.14. The summed E-state index contributed by atoms with van der Waals surface area (Å²) in [6.07, 6.45) is 2.92. The zero-order valence-corrected chi connectivity index (χ0v) is 7.75. The Labute approximate surface area is 77.8 Å². The molecule has 2 rings (SSSR count). The number of hydrogen-bond donors (Lipinski definition) is 2. The van der Waals surface area contributed by atoms with Crippen LogP contribution in [0.2, 0.25) is 0 Å². The molecule has 1 aliphatic rings. The van der Waals surface area contributed by atoms with Gasteiger partial charge in [0.2, 0.25) is 0 Å². The first-order valence-electron chi connectivity index (χ1n) is 4.61. The highest BCUT2D eigenvalue weighted by Crippen LogP contribution is 2.08. The second-order valence-corrected chi connectivity index (χ2v) is 3.45. The van der Waals surface area contributed by atoms with Crippen LogP contribution in [0.5, 0.6) is 0 Å². The number of nitrogens with zero attached hydrogens (tertiary/aromatic N) is 2. The van der Waals surface area contributed by atoms with Gasteiger partial charge in [0.1, 0.15) is 5.82 Å². The Hall–Kier alpha value is -1.16. The third kappa shape index (κ3) is 2.15. The number of rotatable bonds is 2. The minimum atomic E-state index is 0.510. The summed E-state index contributed by atoms with van der Waals surface area (Å²) < 4.78 is 0. The van der Waals surface area contributed by atoms with Gasteiger partial charge in [-0.15, -0.1) is 5.10 Å². The van der Waals surface area contributed by atoms with E-state index in [9.17, 15) is 0 Å². The second kappa shape index (κ2) is 3.70. The summed E-state index contributed by atoms with van der Waals surface area (Å²) in [4.78, 5) is 0. The van der Waals surface area contributed by atoms with Crippen LogP contribution in [-0.4, -0.2) is 29.3 Å². The first kappa shape index (κ1) is 8.44. The lowest BCUT2D eigenvalue weighted by Gasteiger charge is -2.10. The maximum atomic E-state index is 4.01. The van der Waals surface area contributed by atoms with E-state index in [4.69, 9.17) is 0 Å². The van der Waals surface area contributed by atoms with Crippen molar-refractivity contribution < 1.29 is 0 Å². The Kier molecular flexibility index (Phi) is 2.40. The van der Waals surface area contributed by atoms with Crippen LogP contribution in [0, 0.1) is 6.92 Å². The molecule has 0 aromatic carbocycles. The molecule has 1 saturated heterocycles. The topological polar surface area (TPSA) is 49.8 Å². The van der Waals surface area contributed by atoms with Crippen LogP contribution in [-0.2, 0) is 0 Å². The second-order valence-electron chi connectivity index (χ2n) is 3.45. The third-order valence-electron chi connectivity index (χ3n) is 2.20. The highest BCUT2D eigenvalue weighted by Gasteiger charge is 2.14. The van der Waals surface area contributed by atoms with Gasteiger partial charge in [0, 0.05) is 12.6 Å². The SMILES string of the molecule is Cc1cnnc(NC2CCNC2)c1. The fraction of sp³-hybridized carbons (Fsp3) is 0.556. The van der Waals surface area contributed by atoms with Gasteiger partial charge >= 0.3 is 0 Å². The van der Waals surface area contributed by atoms with Crippen LogP contribution in [0.15, 0.2) is 12.3 Å². The zero-order valence-electron chi connectivity index (χ0n) is 7.75. The summed E-state index contributed by atoms with van der Waals surface area (Å²) in [7, 11) is 0. The summed E-state index contributed by atoms with van der Waals surface area (Å²) in [5, 5.41) is 14.5. The zero-order chi connectivity index (χ0) is 9.10. The van der Waals surface area contributed by atoms with Gasteiger partial charge in [0.15, 0.2) is 0 Å². The van der Waals surface area contributed by atoms with E-state index in [1.807, 2.05) is 13.0 Å². The molecule has 13 heavy (non-hydrogen) atoms. The molecular formula is C9H14N4. The van der Waals surface area contributed by atoms with E-state index in [-0.39, 0.29) is 0 Å². The molecule has 1 atom stereocenters. The molecule has 2 heterocycles. The molecule has 1 unspecified atom stereocenters. The van der Waals surface area contributed by atoms with Gasteiger partial charge in [-0.2, -0.15) is 5.10 Å². The summed E-state index contributed by atoms with van der Waals surface area (Å²) in [5.41, 5.74) is 1.14. The predicted molar refractivity (Wildman–Crippen MR) is 51.7 cm³/mol. The molecule has 1 aromatic heterocycles. The van der Waals surface area contributed by atoms with Crippen LogP contribution < -0.4 is 10.6 Å². The van der Waals surface area contributed by atoms with E-state index in [2.05, 4.69) is 20.8 Å². The predicted octanol–water partition coefficient (Wildman–Crippen LogP) is 0.559. The smallest absolute Gasteiger partial charge is 0.149 e. The lowest BCUT2D eigenvalue weighted by molar-refractivity contribution is 0.782. The number of aryl methyl sites for hydroxylation is 1. The van der Waals surface area contributed by atoms with Crippen molar-refractivity contribution in [1.29, 1.82) is 0 Å². The molecule has 2 N–H and O–H groups in total. The van der Waals surface area contributed by atoms with Crippen molar-refractivity contribution in [2.24, 2.45) is 0 Å². The molecule has 4 heteroatoms. The normalized spacial score (nSPS) is 21.8. The van der Waals surface area contributed by atoms with Crippen LogP contribution in [0.4, 0.5) is 5.82 Å². The van der Waals surface area contributed by atoms with Gasteiger partial charge in [-0.3, -0.25) is 0 Å². The molecule has 0 bridgehead atoms. The van der Waals surface area contributed by atoms with Crippen molar-refractivity contribution in [1.82, 2.24) is 15.5 Å². The maximum Gasteiger partial charge on any atom is 0.149 e. The number of aromatic nitrogens is 2. The van der Waals surface area contributed by atoms with Gasteiger partial charge in [0.25, 0.3) is 0 Å². The Balaban J connectivity index is 2.00. The monoisotopic (exact) mass is 178 g/mol. The Morgan fingerprint density at radius 1 is 1.62 bits per heavy atom. The van der Waals surface area contributed by atoms with Crippen molar-refractivity contribution in [3.05, 3.63) is 17.8 Å². The lowest BCUT2D eigenvalue weighted by atomic mass is 10.2. The van der Waals surface area contributed by atoms with E-state index in [0.717, 1.165) is 30.9 Å². The molecule has 0 amide bonds. The van der Waals surface area contributed by atoms with Gasteiger partial charge in [-0.25, -0.2) is 0 Å². The molecule has 1 fully saturated rings. The van der Waals surface area contributed by atoms with Crippen molar-refractivity contribution >= 4 is 5.82 Å². The van der Waals surface area contributed by atoms with Gasteiger partial charge in [-0.05, 0) is 31.5 Å². The molecule has 0 saturated carbocycles. The summed E-state index contributed by atoms with van der Waals surface area (Å²) >= 11 is 0. The Morgan fingerprint density at radius 3 is 3.23 bits per heavy atom.